The van der Waals surface area contributed by atoms with E-state index >= 15 is 0 Å². The standard InChI is InChI=1S/C21H20N2O4/c1-3-14-6-4-5-7-16(14)23-20(25)12-22-21(26)19-11-17(24)15-10-13(2)8-9-18(15)27-19/h4-11H,3,12H2,1-2H3,(H,22,26)(H,23,25). The van der Waals surface area contributed by atoms with Crippen molar-refractivity contribution >= 4 is 28.5 Å². The van der Waals surface area contributed by atoms with Gasteiger partial charge in [0.25, 0.3) is 5.91 Å². The van der Waals surface area contributed by atoms with Crippen molar-refractivity contribution in [2.45, 2.75) is 20.3 Å². The highest BCUT2D eigenvalue weighted by Gasteiger charge is 2.14. The predicted molar refractivity (Wildman–Crippen MR) is 104 cm³/mol. The average Bonchev–Trinajstić information content (AvgIpc) is 2.67. The van der Waals surface area contributed by atoms with E-state index < -0.39 is 5.91 Å². The number of para-hydroxylation sites is 1. The maximum Gasteiger partial charge on any atom is 0.287 e. The van der Waals surface area contributed by atoms with Gasteiger partial charge in [0.15, 0.2) is 11.2 Å². The van der Waals surface area contributed by atoms with Crippen LogP contribution in [0.4, 0.5) is 5.69 Å². The summed E-state index contributed by atoms with van der Waals surface area (Å²) in [6.07, 6.45) is 0.782. The molecule has 0 saturated heterocycles. The van der Waals surface area contributed by atoms with Crippen LogP contribution in [0.25, 0.3) is 11.0 Å². The average molecular weight is 364 g/mol. The minimum Gasteiger partial charge on any atom is -0.451 e. The van der Waals surface area contributed by atoms with Crippen molar-refractivity contribution in [3.8, 4) is 0 Å². The van der Waals surface area contributed by atoms with Crippen LogP contribution in [-0.2, 0) is 11.2 Å². The summed E-state index contributed by atoms with van der Waals surface area (Å²) in [5.41, 5.74) is 2.68. The fraction of sp³-hybridized carbons (Fsp3) is 0.190. The number of hydrogen-bond acceptors (Lipinski definition) is 4. The fourth-order valence-electron chi connectivity index (χ4n) is 2.77. The van der Waals surface area contributed by atoms with Gasteiger partial charge in [0.05, 0.1) is 11.9 Å². The fourth-order valence-corrected chi connectivity index (χ4v) is 2.77. The lowest BCUT2D eigenvalue weighted by molar-refractivity contribution is -0.115. The van der Waals surface area contributed by atoms with Crippen molar-refractivity contribution in [3.05, 3.63) is 75.6 Å². The molecule has 0 saturated carbocycles. The molecule has 0 radical (unpaired) electrons. The zero-order valence-electron chi connectivity index (χ0n) is 15.2. The molecule has 6 heteroatoms. The molecule has 0 aliphatic rings. The molecule has 0 fully saturated rings. The van der Waals surface area contributed by atoms with Crippen LogP contribution in [0.5, 0.6) is 0 Å². The van der Waals surface area contributed by atoms with Crippen molar-refractivity contribution in [2.24, 2.45) is 0 Å². The Balaban J connectivity index is 1.69. The lowest BCUT2D eigenvalue weighted by atomic mass is 10.1. The van der Waals surface area contributed by atoms with Gasteiger partial charge in [-0.15, -0.1) is 0 Å². The van der Waals surface area contributed by atoms with Gasteiger partial charge >= 0.3 is 0 Å². The number of benzene rings is 2. The first-order valence-electron chi connectivity index (χ1n) is 8.68. The van der Waals surface area contributed by atoms with Crippen molar-refractivity contribution < 1.29 is 14.0 Å². The Morgan fingerprint density at radius 1 is 1.07 bits per heavy atom. The quantitative estimate of drug-likeness (QED) is 0.728. The van der Waals surface area contributed by atoms with E-state index in [0.717, 1.165) is 23.6 Å². The molecular weight excluding hydrogens is 344 g/mol. The third-order valence-corrected chi connectivity index (χ3v) is 4.19. The van der Waals surface area contributed by atoms with Crippen LogP contribution in [0.1, 0.15) is 28.6 Å². The van der Waals surface area contributed by atoms with Crippen molar-refractivity contribution in [1.29, 1.82) is 0 Å². The van der Waals surface area contributed by atoms with Crippen LogP contribution in [-0.4, -0.2) is 18.4 Å². The minimum atomic E-state index is -0.617. The summed E-state index contributed by atoms with van der Waals surface area (Å²) in [5, 5.41) is 5.66. The molecule has 138 valence electrons. The van der Waals surface area contributed by atoms with Crippen LogP contribution in [0, 0.1) is 6.92 Å². The maximum atomic E-state index is 12.3. The number of carbonyl (C=O) groups is 2. The summed E-state index contributed by atoms with van der Waals surface area (Å²) in [5.74, 6) is -1.10. The molecule has 2 amide bonds. The van der Waals surface area contributed by atoms with E-state index in [4.69, 9.17) is 4.42 Å². The number of aryl methyl sites for hydroxylation is 2. The molecule has 0 aliphatic carbocycles. The molecule has 1 aromatic heterocycles. The SMILES string of the molecule is CCc1ccccc1NC(=O)CNC(=O)c1cc(=O)c2cc(C)ccc2o1. The van der Waals surface area contributed by atoms with Crippen LogP contribution in [0.2, 0.25) is 0 Å². The van der Waals surface area contributed by atoms with E-state index in [0.29, 0.717) is 16.7 Å². The molecule has 2 aromatic carbocycles. The highest BCUT2D eigenvalue weighted by molar-refractivity contribution is 5.98. The van der Waals surface area contributed by atoms with Gasteiger partial charge in [-0.2, -0.15) is 0 Å². The Morgan fingerprint density at radius 3 is 2.63 bits per heavy atom. The van der Waals surface area contributed by atoms with Crippen LogP contribution in [0.15, 0.2) is 57.7 Å². The van der Waals surface area contributed by atoms with Crippen molar-refractivity contribution in [2.75, 3.05) is 11.9 Å². The molecule has 1 heterocycles. The summed E-state index contributed by atoms with van der Waals surface area (Å²) in [7, 11) is 0. The van der Waals surface area contributed by atoms with Gasteiger partial charge in [-0.25, -0.2) is 0 Å². The topological polar surface area (TPSA) is 88.4 Å². The molecule has 0 bridgehead atoms. The van der Waals surface area contributed by atoms with Gasteiger partial charge in [0.1, 0.15) is 5.58 Å². The first kappa shape index (κ1) is 18.4. The Bertz CT molecular complexity index is 1070. The minimum absolute atomic E-state index is 0.127. The summed E-state index contributed by atoms with van der Waals surface area (Å²) in [4.78, 5) is 36.6. The lowest BCUT2D eigenvalue weighted by Crippen LogP contribution is -2.33. The molecular formula is C21H20N2O4. The van der Waals surface area contributed by atoms with Gasteiger partial charge in [-0.3, -0.25) is 14.4 Å². The highest BCUT2D eigenvalue weighted by atomic mass is 16.3. The second kappa shape index (κ2) is 7.86. The van der Waals surface area contributed by atoms with E-state index in [9.17, 15) is 14.4 Å². The summed E-state index contributed by atoms with van der Waals surface area (Å²) < 4.78 is 5.50. The third kappa shape index (κ3) is 4.23. The molecule has 0 aliphatic heterocycles. The van der Waals surface area contributed by atoms with Gasteiger partial charge in [-0.1, -0.05) is 36.8 Å². The smallest absolute Gasteiger partial charge is 0.287 e. The molecule has 6 nitrogen and oxygen atoms in total. The van der Waals surface area contributed by atoms with E-state index in [1.807, 2.05) is 38.1 Å². The highest BCUT2D eigenvalue weighted by Crippen LogP contribution is 2.15. The monoisotopic (exact) mass is 364 g/mol. The normalized spacial score (nSPS) is 10.6. The van der Waals surface area contributed by atoms with Crippen molar-refractivity contribution in [3.63, 3.8) is 0 Å². The van der Waals surface area contributed by atoms with Gasteiger partial charge in [0.2, 0.25) is 5.91 Å². The Morgan fingerprint density at radius 2 is 1.85 bits per heavy atom. The summed E-state index contributed by atoms with van der Waals surface area (Å²) in [6, 6.07) is 13.8. The van der Waals surface area contributed by atoms with E-state index in [1.165, 1.54) is 0 Å². The number of carbonyl (C=O) groups excluding carboxylic acids is 2. The van der Waals surface area contributed by atoms with Gasteiger partial charge < -0.3 is 15.1 Å². The zero-order valence-corrected chi connectivity index (χ0v) is 15.2. The first-order valence-corrected chi connectivity index (χ1v) is 8.68. The van der Waals surface area contributed by atoms with Crippen LogP contribution < -0.4 is 16.1 Å². The van der Waals surface area contributed by atoms with Gasteiger partial charge in [-0.05, 0) is 37.1 Å². The van der Waals surface area contributed by atoms with Crippen molar-refractivity contribution in [1.82, 2.24) is 5.32 Å². The Hall–Kier alpha value is -3.41. The van der Waals surface area contributed by atoms with E-state index in [-0.39, 0.29) is 23.6 Å². The first-order chi connectivity index (χ1) is 13.0. The molecule has 2 N–H and O–H groups in total. The predicted octanol–water partition coefficient (Wildman–Crippen LogP) is 3.03. The maximum absolute atomic E-state index is 12.3. The van der Waals surface area contributed by atoms with E-state index in [2.05, 4.69) is 10.6 Å². The number of amides is 2. The largest absolute Gasteiger partial charge is 0.451 e. The van der Waals surface area contributed by atoms with Crippen LogP contribution >= 0.6 is 0 Å². The van der Waals surface area contributed by atoms with Crippen LogP contribution in [0.3, 0.4) is 0 Å². The lowest BCUT2D eigenvalue weighted by Gasteiger charge is -2.10. The zero-order chi connectivity index (χ0) is 19.4. The summed E-state index contributed by atoms with van der Waals surface area (Å²) in [6.45, 7) is 3.64. The Labute approximate surface area is 156 Å². The number of nitrogens with one attached hydrogen (secondary N) is 2. The second-order valence-electron chi connectivity index (χ2n) is 6.22. The molecule has 0 spiro atoms. The molecule has 3 aromatic rings. The number of anilines is 1. The summed E-state index contributed by atoms with van der Waals surface area (Å²) >= 11 is 0. The molecule has 0 unspecified atom stereocenters. The molecule has 3 rings (SSSR count). The number of hydrogen-bond donors (Lipinski definition) is 2. The van der Waals surface area contributed by atoms with E-state index in [1.54, 1.807) is 18.2 Å². The molecule has 0 atom stereocenters. The second-order valence-corrected chi connectivity index (χ2v) is 6.22. The third-order valence-electron chi connectivity index (χ3n) is 4.19. The Kier molecular flexibility index (Phi) is 5.35. The number of fused-ring (bicyclic) bond motifs is 1. The number of rotatable bonds is 5. The van der Waals surface area contributed by atoms with Gasteiger partial charge in [0, 0.05) is 11.8 Å². The molecule has 27 heavy (non-hydrogen) atoms.